The van der Waals surface area contributed by atoms with Crippen LogP contribution >= 0.6 is 15.9 Å². The standard InChI is InChI=1S/C8H5Br/c1-2-7-3-5-8(9)6-4-7/h2-3,5H,1H2. The summed E-state index contributed by atoms with van der Waals surface area (Å²) in [4.78, 5) is 0. The molecule has 0 atom stereocenters. The first-order valence-electron chi connectivity index (χ1n) is 2.55. The lowest BCUT2D eigenvalue weighted by atomic mass is 10.3. The molecule has 44 valence electrons. The van der Waals surface area contributed by atoms with Crippen LogP contribution in [0, 0.1) is 12.1 Å². The molecule has 0 spiro atoms. The van der Waals surface area contributed by atoms with Crippen molar-refractivity contribution >= 4 is 22.0 Å². The summed E-state index contributed by atoms with van der Waals surface area (Å²) >= 11 is 3.25. The molecule has 0 saturated heterocycles. The highest BCUT2D eigenvalue weighted by Crippen LogP contribution is 2.05. The molecule has 0 aromatic heterocycles. The Hall–Kier alpha value is -0.740. The minimum Gasteiger partial charge on any atom is -0.0978 e. The van der Waals surface area contributed by atoms with Crippen molar-refractivity contribution in [3.8, 4) is 0 Å². The molecule has 1 rings (SSSR count). The van der Waals surface area contributed by atoms with Crippen LogP contribution in [0.25, 0.3) is 6.08 Å². The Balaban J connectivity index is 3.01. The van der Waals surface area contributed by atoms with Crippen LogP contribution in [0.2, 0.25) is 0 Å². The predicted molar refractivity (Wildman–Crippen MR) is 41.9 cm³/mol. The summed E-state index contributed by atoms with van der Waals surface area (Å²) in [5, 5.41) is 0. The van der Waals surface area contributed by atoms with Crippen LogP contribution in [-0.2, 0) is 0 Å². The Kier molecular flexibility index (Phi) is 1.92. The van der Waals surface area contributed by atoms with Crippen molar-refractivity contribution in [3.05, 3.63) is 40.9 Å². The molecule has 9 heavy (non-hydrogen) atoms. The van der Waals surface area contributed by atoms with Gasteiger partial charge in [-0.25, -0.2) is 0 Å². The molecule has 0 radical (unpaired) electrons. The number of hydrogen-bond donors (Lipinski definition) is 0. The van der Waals surface area contributed by atoms with Gasteiger partial charge < -0.3 is 0 Å². The van der Waals surface area contributed by atoms with Crippen molar-refractivity contribution in [1.29, 1.82) is 0 Å². The normalized spacial score (nSPS) is 8.11. The van der Waals surface area contributed by atoms with E-state index in [-0.39, 0.29) is 0 Å². The fourth-order valence-corrected chi connectivity index (χ4v) is 0.729. The molecular weight excluding hydrogens is 176 g/mol. The summed E-state index contributed by atoms with van der Waals surface area (Å²) in [6, 6.07) is 9.60. The molecule has 1 heteroatoms. The average molecular weight is 181 g/mol. The Morgan fingerprint density at radius 2 is 2.22 bits per heavy atom. The number of halogens is 1. The van der Waals surface area contributed by atoms with E-state index in [9.17, 15) is 0 Å². The van der Waals surface area contributed by atoms with E-state index in [1.807, 2.05) is 12.1 Å². The monoisotopic (exact) mass is 180 g/mol. The highest BCUT2D eigenvalue weighted by Gasteiger charge is 1.81. The van der Waals surface area contributed by atoms with Crippen LogP contribution in [0.1, 0.15) is 5.56 Å². The van der Waals surface area contributed by atoms with Gasteiger partial charge in [-0.3, -0.25) is 0 Å². The highest BCUT2D eigenvalue weighted by atomic mass is 79.9. The average Bonchev–Trinajstić information content (AvgIpc) is 1.90. The molecule has 1 aromatic rings. The minimum absolute atomic E-state index is 0.924. The summed E-state index contributed by atoms with van der Waals surface area (Å²) in [5.41, 5.74) is 0.971. The van der Waals surface area contributed by atoms with Gasteiger partial charge in [0.15, 0.2) is 0 Å². The van der Waals surface area contributed by atoms with Gasteiger partial charge in [0.05, 0.1) is 4.47 Å². The van der Waals surface area contributed by atoms with Gasteiger partial charge in [0.1, 0.15) is 0 Å². The van der Waals surface area contributed by atoms with Crippen LogP contribution in [-0.4, -0.2) is 0 Å². The Bertz CT molecular complexity index is 198. The summed E-state index contributed by atoms with van der Waals surface area (Å²) in [5.74, 6) is 0. The molecule has 1 aromatic carbocycles. The molecule has 0 amide bonds. The molecule has 0 aliphatic carbocycles. The molecule has 0 unspecified atom stereocenters. The van der Waals surface area contributed by atoms with Crippen molar-refractivity contribution in [1.82, 2.24) is 0 Å². The first-order valence-corrected chi connectivity index (χ1v) is 3.34. The van der Waals surface area contributed by atoms with Gasteiger partial charge in [-0.2, -0.15) is 0 Å². The van der Waals surface area contributed by atoms with Crippen LogP contribution in [0.4, 0.5) is 0 Å². The molecule has 0 bridgehead atoms. The van der Waals surface area contributed by atoms with Crippen molar-refractivity contribution in [2.75, 3.05) is 0 Å². The lowest BCUT2D eigenvalue weighted by molar-refractivity contribution is 1.65. The van der Waals surface area contributed by atoms with Crippen LogP contribution in [0.15, 0.2) is 23.2 Å². The fraction of sp³-hybridized carbons (Fsp3) is 0. The molecule has 0 N–H and O–H groups in total. The van der Waals surface area contributed by atoms with Gasteiger partial charge in [0, 0.05) is 5.56 Å². The maximum Gasteiger partial charge on any atom is 0.0678 e. The molecule has 0 fully saturated rings. The maximum atomic E-state index is 3.59. The molecule has 0 heterocycles. The zero-order valence-corrected chi connectivity index (χ0v) is 6.40. The smallest absolute Gasteiger partial charge is 0.0678 e. The van der Waals surface area contributed by atoms with E-state index in [1.165, 1.54) is 0 Å². The lowest BCUT2D eigenvalue weighted by Crippen LogP contribution is -1.63. The quantitative estimate of drug-likeness (QED) is 0.624. The minimum atomic E-state index is 0.924. The van der Waals surface area contributed by atoms with Crippen molar-refractivity contribution in [2.45, 2.75) is 0 Å². The summed E-state index contributed by atoms with van der Waals surface area (Å²) in [6.07, 6.45) is 1.74. The van der Waals surface area contributed by atoms with Crippen LogP contribution < -0.4 is 0 Å². The maximum absolute atomic E-state index is 3.59. The summed E-state index contributed by atoms with van der Waals surface area (Å²) in [7, 11) is 0. The van der Waals surface area contributed by atoms with E-state index in [2.05, 4.69) is 34.6 Å². The SMILES string of the molecule is C=Cc1c#cc(Br)cc1. The predicted octanol–water partition coefficient (Wildman–Crippen LogP) is 2.69. The third kappa shape index (κ3) is 1.58. The second-order valence-electron chi connectivity index (χ2n) is 1.59. The lowest BCUT2D eigenvalue weighted by Gasteiger charge is -1.83. The highest BCUT2D eigenvalue weighted by molar-refractivity contribution is 9.10. The van der Waals surface area contributed by atoms with Gasteiger partial charge in [-0.05, 0) is 28.1 Å². The van der Waals surface area contributed by atoms with E-state index in [0.717, 1.165) is 10.0 Å². The Labute approximate surface area is 63.3 Å². The van der Waals surface area contributed by atoms with Gasteiger partial charge in [0.2, 0.25) is 0 Å². The molecule has 0 aliphatic rings. The Morgan fingerprint density at radius 1 is 1.44 bits per heavy atom. The van der Waals surface area contributed by atoms with E-state index in [4.69, 9.17) is 0 Å². The summed E-state index contributed by atoms with van der Waals surface area (Å²) in [6.45, 7) is 3.59. The van der Waals surface area contributed by atoms with E-state index in [1.54, 1.807) is 6.08 Å². The fourth-order valence-electron chi connectivity index (χ4n) is 0.497. The van der Waals surface area contributed by atoms with Gasteiger partial charge in [-0.15, -0.1) is 0 Å². The molecular formula is C8H5Br. The van der Waals surface area contributed by atoms with Crippen molar-refractivity contribution in [3.63, 3.8) is 0 Å². The third-order valence-electron chi connectivity index (χ3n) is 0.955. The van der Waals surface area contributed by atoms with Crippen molar-refractivity contribution < 1.29 is 0 Å². The second kappa shape index (κ2) is 2.70. The number of hydrogen-bond acceptors (Lipinski definition) is 0. The van der Waals surface area contributed by atoms with Gasteiger partial charge >= 0.3 is 0 Å². The largest absolute Gasteiger partial charge is 0.0978 e. The zero-order valence-electron chi connectivity index (χ0n) is 4.82. The van der Waals surface area contributed by atoms with E-state index >= 15 is 0 Å². The Morgan fingerprint density at radius 3 is 2.67 bits per heavy atom. The topological polar surface area (TPSA) is 0 Å². The molecule has 0 nitrogen and oxygen atoms in total. The van der Waals surface area contributed by atoms with Gasteiger partial charge in [-0.1, -0.05) is 24.8 Å². The van der Waals surface area contributed by atoms with E-state index in [0.29, 0.717) is 0 Å². The second-order valence-corrected chi connectivity index (χ2v) is 2.45. The van der Waals surface area contributed by atoms with Gasteiger partial charge in [0.25, 0.3) is 0 Å². The van der Waals surface area contributed by atoms with E-state index < -0.39 is 0 Å². The van der Waals surface area contributed by atoms with Crippen LogP contribution in [0.3, 0.4) is 0 Å². The molecule has 0 saturated carbocycles. The summed E-state index contributed by atoms with van der Waals surface area (Å²) < 4.78 is 0.924. The van der Waals surface area contributed by atoms with Crippen LogP contribution in [0.5, 0.6) is 0 Å². The third-order valence-corrected chi connectivity index (χ3v) is 1.42. The zero-order chi connectivity index (χ0) is 6.69. The number of rotatable bonds is 1. The first-order chi connectivity index (χ1) is 4.33. The first kappa shape index (κ1) is 6.38. The van der Waals surface area contributed by atoms with Crippen molar-refractivity contribution in [2.24, 2.45) is 0 Å². The molecule has 0 aliphatic heterocycles.